The molecule has 0 aromatic carbocycles. The second-order valence-electron chi connectivity index (χ2n) is 2.70. The van der Waals surface area contributed by atoms with Gasteiger partial charge in [-0.1, -0.05) is 6.58 Å². The standard InChI is InChI=1S/C9H8BrNO/c1-6-2-3-12-8-4-7(10)5-11-9(6)8/h4-5H,1-3H2. The van der Waals surface area contributed by atoms with Crippen molar-refractivity contribution in [1.29, 1.82) is 0 Å². The molecule has 0 bridgehead atoms. The molecular formula is C9H8BrNO. The lowest BCUT2D eigenvalue weighted by Crippen LogP contribution is -2.08. The number of fused-ring (bicyclic) bond motifs is 1. The van der Waals surface area contributed by atoms with Crippen LogP contribution in [0.25, 0.3) is 5.57 Å². The zero-order valence-electron chi connectivity index (χ0n) is 6.51. The van der Waals surface area contributed by atoms with E-state index in [4.69, 9.17) is 4.74 Å². The second-order valence-corrected chi connectivity index (χ2v) is 3.62. The Kier molecular flexibility index (Phi) is 1.89. The van der Waals surface area contributed by atoms with E-state index in [1.807, 2.05) is 6.07 Å². The van der Waals surface area contributed by atoms with Crippen LogP contribution in [0, 0.1) is 0 Å². The summed E-state index contributed by atoms with van der Waals surface area (Å²) < 4.78 is 6.36. The molecule has 0 saturated carbocycles. The predicted molar refractivity (Wildman–Crippen MR) is 51.1 cm³/mol. The molecule has 3 heteroatoms. The van der Waals surface area contributed by atoms with E-state index >= 15 is 0 Å². The molecule has 0 aliphatic carbocycles. The molecule has 0 radical (unpaired) electrons. The molecule has 1 aliphatic heterocycles. The van der Waals surface area contributed by atoms with E-state index in [0.29, 0.717) is 6.61 Å². The van der Waals surface area contributed by atoms with Gasteiger partial charge in [-0.05, 0) is 27.6 Å². The molecule has 1 aromatic heterocycles. The molecule has 0 saturated heterocycles. The lowest BCUT2D eigenvalue weighted by Gasteiger charge is -2.17. The summed E-state index contributed by atoms with van der Waals surface area (Å²) in [7, 11) is 0. The molecule has 1 aliphatic rings. The van der Waals surface area contributed by atoms with Crippen LogP contribution in [0.2, 0.25) is 0 Å². The van der Waals surface area contributed by atoms with E-state index in [2.05, 4.69) is 27.5 Å². The molecule has 0 fully saturated rings. The van der Waals surface area contributed by atoms with Gasteiger partial charge in [0.25, 0.3) is 0 Å². The van der Waals surface area contributed by atoms with Crippen LogP contribution >= 0.6 is 15.9 Å². The van der Waals surface area contributed by atoms with Crippen molar-refractivity contribution in [2.75, 3.05) is 6.61 Å². The summed E-state index contributed by atoms with van der Waals surface area (Å²) in [5, 5.41) is 0. The van der Waals surface area contributed by atoms with Gasteiger partial charge in [-0.2, -0.15) is 0 Å². The summed E-state index contributed by atoms with van der Waals surface area (Å²) in [5.41, 5.74) is 1.95. The minimum atomic E-state index is 0.712. The fraction of sp³-hybridized carbons (Fsp3) is 0.222. The van der Waals surface area contributed by atoms with E-state index in [1.165, 1.54) is 0 Å². The fourth-order valence-corrected chi connectivity index (χ4v) is 1.51. The van der Waals surface area contributed by atoms with Gasteiger partial charge in [0.05, 0.1) is 6.61 Å². The molecule has 2 nitrogen and oxygen atoms in total. The number of rotatable bonds is 0. The molecule has 0 atom stereocenters. The normalized spacial score (nSPS) is 15.2. The Morgan fingerprint density at radius 3 is 3.25 bits per heavy atom. The van der Waals surface area contributed by atoms with Gasteiger partial charge in [-0.15, -0.1) is 0 Å². The van der Waals surface area contributed by atoms with Gasteiger partial charge in [-0.3, -0.25) is 4.98 Å². The number of pyridine rings is 1. The highest BCUT2D eigenvalue weighted by atomic mass is 79.9. The van der Waals surface area contributed by atoms with E-state index in [0.717, 1.165) is 27.9 Å². The average molecular weight is 226 g/mol. The van der Waals surface area contributed by atoms with Crippen molar-refractivity contribution >= 4 is 21.5 Å². The predicted octanol–water partition coefficient (Wildman–Crippen LogP) is 2.64. The minimum Gasteiger partial charge on any atom is -0.491 e. The summed E-state index contributed by atoms with van der Waals surface area (Å²) in [6, 6.07) is 1.92. The number of hydrogen-bond acceptors (Lipinski definition) is 2. The maximum Gasteiger partial charge on any atom is 0.146 e. The van der Waals surface area contributed by atoms with E-state index in [1.54, 1.807) is 6.20 Å². The quantitative estimate of drug-likeness (QED) is 0.678. The molecule has 0 N–H and O–H groups in total. The van der Waals surface area contributed by atoms with Gasteiger partial charge in [0.1, 0.15) is 11.4 Å². The van der Waals surface area contributed by atoms with Crippen molar-refractivity contribution in [2.45, 2.75) is 6.42 Å². The van der Waals surface area contributed by atoms with Crippen LogP contribution in [0.3, 0.4) is 0 Å². The van der Waals surface area contributed by atoms with Crippen molar-refractivity contribution in [1.82, 2.24) is 4.98 Å². The summed E-state index contributed by atoms with van der Waals surface area (Å²) in [5.74, 6) is 0.834. The zero-order valence-corrected chi connectivity index (χ0v) is 8.10. The molecule has 2 heterocycles. The van der Waals surface area contributed by atoms with Gasteiger partial charge in [0, 0.05) is 17.1 Å². The van der Waals surface area contributed by atoms with Crippen molar-refractivity contribution in [3.63, 3.8) is 0 Å². The Bertz CT molecular complexity index is 335. The Morgan fingerprint density at radius 1 is 1.58 bits per heavy atom. The molecule has 0 unspecified atom stereocenters. The average Bonchev–Trinajstić information content (AvgIpc) is 2.04. The van der Waals surface area contributed by atoms with E-state index < -0.39 is 0 Å². The Hall–Kier alpha value is -0.830. The number of halogens is 1. The number of hydrogen-bond donors (Lipinski definition) is 0. The highest BCUT2D eigenvalue weighted by Gasteiger charge is 2.14. The molecule has 12 heavy (non-hydrogen) atoms. The monoisotopic (exact) mass is 225 g/mol. The third-order valence-electron chi connectivity index (χ3n) is 1.82. The number of aromatic nitrogens is 1. The highest BCUT2D eigenvalue weighted by Crippen LogP contribution is 2.31. The summed E-state index contributed by atoms with van der Waals surface area (Å²) in [4.78, 5) is 4.23. The molecule has 2 rings (SSSR count). The van der Waals surface area contributed by atoms with Gasteiger partial charge in [0.2, 0.25) is 0 Å². The topological polar surface area (TPSA) is 22.1 Å². The van der Waals surface area contributed by atoms with Crippen molar-refractivity contribution in [3.05, 3.63) is 29.0 Å². The van der Waals surface area contributed by atoms with Crippen molar-refractivity contribution in [2.24, 2.45) is 0 Å². The minimum absolute atomic E-state index is 0.712. The third kappa shape index (κ3) is 1.25. The number of ether oxygens (including phenoxy) is 1. The SMILES string of the molecule is C=C1CCOc2cc(Br)cnc21. The third-order valence-corrected chi connectivity index (χ3v) is 2.25. The molecule has 1 aromatic rings. The first-order chi connectivity index (χ1) is 5.77. The van der Waals surface area contributed by atoms with Gasteiger partial charge >= 0.3 is 0 Å². The summed E-state index contributed by atoms with van der Waals surface area (Å²) in [6.45, 7) is 4.64. The first kappa shape index (κ1) is 7.80. The second kappa shape index (κ2) is 2.90. The first-order valence-corrected chi connectivity index (χ1v) is 4.53. The maximum absolute atomic E-state index is 5.42. The smallest absolute Gasteiger partial charge is 0.146 e. The van der Waals surface area contributed by atoms with E-state index in [-0.39, 0.29) is 0 Å². The van der Waals surface area contributed by atoms with Crippen LogP contribution in [0.5, 0.6) is 5.75 Å². The molecule has 0 spiro atoms. The molecule has 62 valence electrons. The molecular weight excluding hydrogens is 218 g/mol. The van der Waals surface area contributed by atoms with Crippen LogP contribution < -0.4 is 4.74 Å². The lowest BCUT2D eigenvalue weighted by atomic mass is 10.1. The summed E-state index contributed by atoms with van der Waals surface area (Å²) in [6.07, 6.45) is 2.64. The lowest BCUT2D eigenvalue weighted by molar-refractivity contribution is 0.314. The van der Waals surface area contributed by atoms with Gasteiger partial charge in [0.15, 0.2) is 0 Å². The number of nitrogens with zero attached hydrogens (tertiary/aromatic N) is 1. The van der Waals surface area contributed by atoms with Crippen LogP contribution in [0.15, 0.2) is 23.3 Å². The fourth-order valence-electron chi connectivity index (χ4n) is 1.20. The van der Waals surface area contributed by atoms with Crippen LogP contribution in [-0.2, 0) is 0 Å². The van der Waals surface area contributed by atoms with Crippen LogP contribution in [-0.4, -0.2) is 11.6 Å². The van der Waals surface area contributed by atoms with Gasteiger partial charge in [-0.25, -0.2) is 0 Å². The first-order valence-electron chi connectivity index (χ1n) is 3.74. The van der Waals surface area contributed by atoms with Crippen LogP contribution in [0.1, 0.15) is 12.1 Å². The van der Waals surface area contributed by atoms with E-state index in [9.17, 15) is 0 Å². The van der Waals surface area contributed by atoms with Gasteiger partial charge < -0.3 is 4.74 Å². The van der Waals surface area contributed by atoms with Crippen LogP contribution in [0.4, 0.5) is 0 Å². The Balaban J connectivity index is 2.53. The zero-order chi connectivity index (χ0) is 8.55. The largest absolute Gasteiger partial charge is 0.491 e. The Morgan fingerprint density at radius 2 is 2.42 bits per heavy atom. The van der Waals surface area contributed by atoms with Crippen molar-refractivity contribution in [3.8, 4) is 5.75 Å². The maximum atomic E-state index is 5.42. The molecule has 0 amide bonds. The van der Waals surface area contributed by atoms with Crippen molar-refractivity contribution < 1.29 is 4.74 Å². The Labute approximate surface area is 79.4 Å². The summed E-state index contributed by atoms with van der Waals surface area (Å²) >= 11 is 3.34. The highest BCUT2D eigenvalue weighted by molar-refractivity contribution is 9.10.